The molecule has 1 unspecified atom stereocenters. The zero-order valence-corrected chi connectivity index (χ0v) is 14.4. The lowest BCUT2D eigenvalue weighted by molar-refractivity contribution is -0.116. The van der Waals surface area contributed by atoms with Gasteiger partial charge in [-0.2, -0.15) is 0 Å². The van der Waals surface area contributed by atoms with Crippen LogP contribution in [-0.2, 0) is 4.79 Å². The van der Waals surface area contributed by atoms with Gasteiger partial charge in [0.1, 0.15) is 11.5 Å². The third-order valence-corrected chi connectivity index (χ3v) is 3.98. The van der Waals surface area contributed by atoms with Crippen LogP contribution in [0.1, 0.15) is 25.7 Å². The highest BCUT2D eigenvalue weighted by molar-refractivity contribution is 5.90. The maximum absolute atomic E-state index is 12.1. The molecule has 0 aliphatic carbocycles. The minimum Gasteiger partial charge on any atom is -0.457 e. The third kappa shape index (κ3) is 5.55. The van der Waals surface area contributed by atoms with Gasteiger partial charge in [0.05, 0.1) is 0 Å². The molecule has 1 atom stereocenters. The Kier molecular flexibility index (Phi) is 7.09. The number of rotatable bonds is 6. The molecule has 2 aromatic carbocycles. The predicted molar refractivity (Wildman–Crippen MR) is 99.1 cm³/mol. The number of ether oxygens (including phenoxy) is 1. The molecule has 0 saturated carbocycles. The molecule has 1 amide bonds. The first-order valence-corrected chi connectivity index (χ1v) is 8.16. The summed E-state index contributed by atoms with van der Waals surface area (Å²) in [5, 5.41) is 6.36. The largest absolute Gasteiger partial charge is 0.457 e. The summed E-state index contributed by atoms with van der Waals surface area (Å²) in [5.41, 5.74) is 0.766. The van der Waals surface area contributed by atoms with Crippen LogP contribution in [0.4, 0.5) is 5.69 Å². The number of hydrogen-bond donors (Lipinski definition) is 2. The average Bonchev–Trinajstić information content (AvgIpc) is 3.08. The van der Waals surface area contributed by atoms with E-state index in [9.17, 15) is 4.79 Å². The van der Waals surface area contributed by atoms with Crippen LogP contribution in [0.5, 0.6) is 11.5 Å². The topological polar surface area (TPSA) is 50.4 Å². The van der Waals surface area contributed by atoms with Gasteiger partial charge in [-0.15, -0.1) is 12.4 Å². The quantitative estimate of drug-likeness (QED) is 0.816. The highest BCUT2D eigenvalue weighted by atomic mass is 35.5. The molecule has 1 aliphatic heterocycles. The van der Waals surface area contributed by atoms with E-state index >= 15 is 0 Å². The van der Waals surface area contributed by atoms with Gasteiger partial charge >= 0.3 is 0 Å². The summed E-state index contributed by atoms with van der Waals surface area (Å²) in [5.74, 6) is 1.55. The van der Waals surface area contributed by atoms with E-state index in [4.69, 9.17) is 4.74 Å². The number of carbonyl (C=O) groups is 1. The summed E-state index contributed by atoms with van der Waals surface area (Å²) >= 11 is 0. The number of carbonyl (C=O) groups excluding carboxylic acids is 1. The molecule has 1 fully saturated rings. The fourth-order valence-corrected chi connectivity index (χ4v) is 2.79. The van der Waals surface area contributed by atoms with Crippen molar-refractivity contribution in [1.29, 1.82) is 0 Å². The van der Waals surface area contributed by atoms with Crippen molar-refractivity contribution < 1.29 is 9.53 Å². The molecule has 0 spiro atoms. The molecule has 128 valence electrons. The highest BCUT2D eigenvalue weighted by Gasteiger charge is 2.15. The van der Waals surface area contributed by atoms with Gasteiger partial charge in [0, 0.05) is 24.2 Å². The Morgan fingerprint density at radius 1 is 1.12 bits per heavy atom. The van der Waals surface area contributed by atoms with Crippen LogP contribution in [0.3, 0.4) is 0 Å². The first-order chi connectivity index (χ1) is 11.3. The summed E-state index contributed by atoms with van der Waals surface area (Å²) in [7, 11) is 0. The lowest BCUT2D eigenvalue weighted by Gasteiger charge is -2.11. The minimum absolute atomic E-state index is 0. The van der Waals surface area contributed by atoms with E-state index in [1.807, 2.05) is 54.6 Å². The molecule has 1 aliphatic rings. The number of nitrogens with one attached hydrogen (secondary N) is 2. The van der Waals surface area contributed by atoms with Crippen LogP contribution in [0.25, 0.3) is 0 Å². The number of benzene rings is 2. The van der Waals surface area contributed by atoms with E-state index in [1.54, 1.807) is 0 Å². The summed E-state index contributed by atoms with van der Waals surface area (Å²) in [6.07, 6.45) is 3.83. The molecule has 1 heterocycles. The van der Waals surface area contributed by atoms with Crippen LogP contribution >= 0.6 is 12.4 Å². The Bertz CT molecular complexity index is 643. The zero-order valence-electron chi connectivity index (χ0n) is 13.5. The molecule has 0 aromatic heterocycles. The van der Waals surface area contributed by atoms with E-state index in [1.165, 1.54) is 12.8 Å². The molecule has 2 N–H and O–H groups in total. The van der Waals surface area contributed by atoms with Gasteiger partial charge in [0.25, 0.3) is 0 Å². The van der Waals surface area contributed by atoms with Crippen LogP contribution in [0, 0.1) is 0 Å². The Balaban J connectivity index is 0.00000208. The van der Waals surface area contributed by atoms with E-state index < -0.39 is 0 Å². The van der Waals surface area contributed by atoms with Crippen LogP contribution in [-0.4, -0.2) is 18.5 Å². The first-order valence-electron chi connectivity index (χ1n) is 8.16. The van der Waals surface area contributed by atoms with Crippen LogP contribution in [0.15, 0.2) is 54.6 Å². The summed E-state index contributed by atoms with van der Waals surface area (Å²) < 4.78 is 5.78. The molecular weight excluding hydrogens is 324 g/mol. The highest BCUT2D eigenvalue weighted by Crippen LogP contribution is 2.24. The third-order valence-electron chi connectivity index (χ3n) is 3.98. The van der Waals surface area contributed by atoms with Gasteiger partial charge in [-0.05, 0) is 50.1 Å². The number of halogens is 1. The van der Waals surface area contributed by atoms with Gasteiger partial charge in [-0.25, -0.2) is 0 Å². The van der Waals surface area contributed by atoms with Crippen molar-refractivity contribution in [3.63, 3.8) is 0 Å². The summed E-state index contributed by atoms with van der Waals surface area (Å²) in [6, 6.07) is 17.6. The average molecular weight is 347 g/mol. The van der Waals surface area contributed by atoms with Gasteiger partial charge in [0.15, 0.2) is 0 Å². The lowest BCUT2D eigenvalue weighted by atomic mass is 10.1. The molecule has 1 saturated heterocycles. The van der Waals surface area contributed by atoms with Gasteiger partial charge < -0.3 is 15.4 Å². The van der Waals surface area contributed by atoms with E-state index in [0.717, 1.165) is 24.4 Å². The summed E-state index contributed by atoms with van der Waals surface area (Å²) in [6.45, 7) is 1.07. The SMILES string of the molecule is Cl.O=C(CCC1CCCN1)Nc1cccc(Oc2ccccc2)c1. The fourth-order valence-electron chi connectivity index (χ4n) is 2.79. The maximum Gasteiger partial charge on any atom is 0.224 e. The maximum atomic E-state index is 12.1. The Morgan fingerprint density at radius 2 is 1.92 bits per heavy atom. The molecule has 5 heteroatoms. The van der Waals surface area contributed by atoms with E-state index in [-0.39, 0.29) is 18.3 Å². The molecule has 0 bridgehead atoms. The standard InChI is InChI=1S/C19H22N2O2.ClH/c22-19(12-11-15-7-5-13-20-15)21-16-6-4-10-18(14-16)23-17-8-2-1-3-9-17;/h1-4,6,8-10,14-15,20H,5,7,11-13H2,(H,21,22);1H. The lowest BCUT2D eigenvalue weighted by Crippen LogP contribution is -2.23. The van der Waals surface area contributed by atoms with Crippen molar-refractivity contribution in [3.8, 4) is 11.5 Å². The predicted octanol–water partition coefficient (Wildman–Crippen LogP) is 4.37. The van der Waals surface area contributed by atoms with Gasteiger partial charge in [-0.3, -0.25) is 4.79 Å². The van der Waals surface area contributed by atoms with Crippen molar-refractivity contribution in [2.75, 3.05) is 11.9 Å². The minimum atomic E-state index is 0. The molecular formula is C19H23ClN2O2. The second-order valence-corrected chi connectivity index (χ2v) is 5.82. The molecule has 24 heavy (non-hydrogen) atoms. The molecule has 2 aromatic rings. The van der Waals surface area contributed by atoms with Crippen LogP contribution in [0.2, 0.25) is 0 Å². The number of hydrogen-bond acceptors (Lipinski definition) is 3. The monoisotopic (exact) mass is 346 g/mol. The zero-order chi connectivity index (χ0) is 15.9. The normalized spacial score (nSPS) is 16.2. The Labute approximate surface area is 149 Å². The van der Waals surface area contributed by atoms with E-state index in [0.29, 0.717) is 18.2 Å². The van der Waals surface area contributed by atoms with Crippen LogP contribution < -0.4 is 15.4 Å². The van der Waals surface area contributed by atoms with E-state index in [2.05, 4.69) is 10.6 Å². The van der Waals surface area contributed by atoms with Crippen molar-refractivity contribution in [3.05, 3.63) is 54.6 Å². The molecule has 4 nitrogen and oxygen atoms in total. The van der Waals surface area contributed by atoms with Crippen molar-refractivity contribution in [2.45, 2.75) is 31.7 Å². The Morgan fingerprint density at radius 3 is 2.67 bits per heavy atom. The number of anilines is 1. The molecule has 0 radical (unpaired) electrons. The second kappa shape index (κ2) is 9.30. The molecule has 3 rings (SSSR count). The van der Waals surface area contributed by atoms with Gasteiger partial charge in [-0.1, -0.05) is 24.3 Å². The number of para-hydroxylation sites is 1. The van der Waals surface area contributed by atoms with Crippen molar-refractivity contribution in [2.24, 2.45) is 0 Å². The van der Waals surface area contributed by atoms with Gasteiger partial charge in [0.2, 0.25) is 5.91 Å². The summed E-state index contributed by atoms with van der Waals surface area (Å²) in [4.78, 5) is 12.1. The Hall–Kier alpha value is -2.04. The van der Waals surface area contributed by atoms with Crippen molar-refractivity contribution in [1.82, 2.24) is 5.32 Å². The number of amides is 1. The smallest absolute Gasteiger partial charge is 0.224 e. The first kappa shape index (κ1) is 18.3. The fraction of sp³-hybridized carbons (Fsp3) is 0.316. The second-order valence-electron chi connectivity index (χ2n) is 5.82. The van der Waals surface area contributed by atoms with Crippen molar-refractivity contribution >= 4 is 24.0 Å².